The van der Waals surface area contributed by atoms with Crippen LogP contribution in [0.4, 0.5) is 5.95 Å². The molecule has 1 amide bonds. The molecule has 0 unspecified atom stereocenters. The summed E-state index contributed by atoms with van der Waals surface area (Å²) in [5.74, 6) is 1.13. The highest BCUT2D eigenvalue weighted by Gasteiger charge is 2.54. The fourth-order valence-corrected chi connectivity index (χ4v) is 3.84. The molecule has 2 fully saturated rings. The zero-order valence-corrected chi connectivity index (χ0v) is 15.2. The molecule has 4 heterocycles. The van der Waals surface area contributed by atoms with E-state index < -0.39 is 0 Å². The van der Waals surface area contributed by atoms with Crippen LogP contribution in [0.1, 0.15) is 28.8 Å². The van der Waals surface area contributed by atoms with Crippen molar-refractivity contribution in [3.8, 4) is 0 Å². The smallest absolute Gasteiger partial charge is 0.257 e. The van der Waals surface area contributed by atoms with Gasteiger partial charge in [-0.05, 0) is 31.2 Å². The molecule has 2 aliphatic rings. The normalized spacial score (nSPS) is 21.0. The van der Waals surface area contributed by atoms with Crippen molar-refractivity contribution in [1.82, 2.24) is 24.6 Å². The van der Waals surface area contributed by atoms with Crippen LogP contribution in [0.2, 0.25) is 0 Å². The number of hydrogen-bond donors (Lipinski definition) is 1. The summed E-state index contributed by atoms with van der Waals surface area (Å²) in [4.78, 5) is 22.9. The predicted octanol–water partition coefficient (Wildman–Crippen LogP) is 1.25. The van der Waals surface area contributed by atoms with Gasteiger partial charge in [0.2, 0.25) is 5.95 Å². The Labute approximate surface area is 152 Å². The molecule has 0 aromatic carbocycles. The number of ether oxygens (including phenoxy) is 1. The number of anilines is 1. The number of carbonyl (C=O) groups excluding carboxylic acids is 1. The molecule has 138 valence electrons. The lowest BCUT2D eigenvalue weighted by molar-refractivity contribution is -0.117. The van der Waals surface area contributed by atoms with Gasteiger partial charge in [0, 0.05) is 38.8 Å². The van der Waals surface area contributed by atoms with Crippen LogP contribution in [0.3, 0.4) is 0 Å². The van der Waals surface area contributed by atoms with Crippen LogP contribution < -0.4 is 5.32 Å². The molecule has 0 saturated carbocycles. The van der Waals surface area contributed by atoms with Crippen LogP contribution in [-0.2, 0) is 11.8 Å². The van der Waals surface area contributed by atoms with E-state index in [1.54, 1.807) is 17.1 Å². The van der Waals surface area contributed by atoms with Crippen LogP contribution in [-0.4, -0.2) is 62.4 Å². The molecule has 8 heteroatoms. The number of nitrogens with zero attached hydrogens (tertiary/aromatic N) is 5. The van der Waals surface area contributed by atoms with Gasteiger partial charge in [-0.1, -0.05) is 0 Å². The molecule has 1 atom stereocenters. The summed E-state index contributed by atoms with van der Waals surface area (Å²) in [6, 6.07) is 0. The van der Waals surface area contributed by atoms with Crippen LogP contribution >= 0.6 is 0 Å². The summed E-state index contributed by atoms with van der Waals surface area (Å²) in [5, 5.41) is 7.35. The Balaban J connectivity index is 1.30. The SMILES string of the molecule is Cc1cnc(NCC[C@H]2CCOC23CN(C(=O)c2cnn(C)c2)C3)nc1. The van der Waals surface area contributed by atoms with E-state index in [4.69, 9.17) is 4.74 Å². The number of rotatable bonds is 5. The number of likely N-dealkylation sites (tertiary alicyclic amines) is 1. The molecule has 1 spiro atoms. The van der Waals surface area contributed by atoms with Crippen molar-refractivity contribution < 1.29 is 9.53 Å². The van der Waals surface area contributed by atoms with E-state index in [1.165, 1.54) is 0 Å². The van der Waals surface area contributed by atoms with E-state index in [0.717, 1.165) is 31.6 Å². The third-order valence-corrected chi connectivity index (χ3v) is 5.31. The monoisotopic (exact) mass is 356 g/mol. The Kier molecular flexibility index (Phi) is 4.36. The number of nitrogens with one attached hydrogen (secondary N) is 1. The first-order chi connectivity index (χ1) is 12.6. The Morgan fingerprint density at radius 2 is 2.12 bits per heavy atom. The minimum absolute atomic E-state index is 0.0316. The molecule has 0 bridgehead atoms. The average molecular weight is 356 g/mol. The van der Waals surface area contributed by atoms with Gasteiger partial charge in [0.15, 0.2) is 0 Å². The largest absolute Gasteiger partial charge is 0.371 e. The molecule has 2 saturated heterocycles. The molecular formula is C18H24N6O2. The maximum Gasteiger partial charge on any atom is 0.257 e. The number of carbonyl (C=O) groups is 1. The standard InChI is InChI=1S/C18H24N6O2/c1-13-7-20-17(21-8-13)19-5-3-15-4-6-26-18(15)11-24(12-18)16(25)14-9-22-23(2)10-14/h7-10,15H,3-6,11-12H2,1-2H3,(H,19,20,21)/t15-/m0/s1. The van der Waals surface area contributed by atoms with Gasteiger partial charge in [-0.3, -0.25) is 9.48 Å². The molecule has 8 nitrogen and oxygen atoms in total. The van der Waals surface area contributed by atoms with Gasteiger partial charge in [0.1, 0.15) is 5.60 Å². The van der Waals surface area contributed by atoms with Crippen LogP contribution in [0.15, 0.2) is 24.8 Å². The highest BCUT2D eigenvalue weighted by atomic mass is 16.5. The summed E-state index contributed by atoms with van der Waals surface area (Å²) in [6.07, 6.45) is 9.00. The molecule has 0 radical (unpaired) electrons. The zero-order chi connectivity index (χ0) is 18.1. The van der Waals surface area contributed by atoms with Gasteiger partial charge in [-0.15, -0.1) is 0 Å². The van der Waals surface area contributed by atoms with E-state index in [1.807, 2.05) is 31.3 Å². The van der Waals surface area contributed by atoms with E-state index in [0.29, 0.717) is 30.5 Å². The van der Waals surface area contributed by atoms with Gasteiger partial charge in [-0.2, -0.15) is 5.10 Å². The number of aromatic nitrogens is 4. The lowest BCUT2D eigenvalue weighted by Crippen LogP contribution is -2.66. The van der Waals surface area contributed by atoms with Crippen molar-refractivity contribution in [1.29, 1.82) is 0 Å². The van der Waals surface area contributed by atoms with E-state index in [9.17, 15) is 4.79 Å². The first-order valence-electron chi connectivity index (χ1n) is 9.00. The lowest BCUT2D eigenvalue weighted by atomic mass is 9.78. The average Bonchev–Trinajstić information content (AvgIpc) is 3.21. The molecule has 2 aliphatic heterocycles. The third kappa shape index (κ3) is 3.16. The van der Waals surface area contributed by atoms with E-state index in [2.05, 4.69) is 20.4 Å². The van der Waals surface area contributed by atoms with Crippen molar-refractivity contribution in [2.75, 3.05) is 31.6 Å². The topological polar surface area (TPSA) is 85.2 Å². The van der Waals surface area contributed by atoms with Crippen LogP contribution in [0.5, 0.6) is 0 Å². The van der Waals surface area contributed by atoms with Crippen molar-refractivity contribution in [3.05, 3.63) is 35.9 Å². The van der Waals surface area contributed by atoms with Gasteiger partial charge in [0.05, 0.1) is 24.8 Å². The predicted molar refractivity (Wildman–Crippen MR) is 95.8 cm³/mol. The van der Waals surface area contributed by atoms with Crippen molar-refractivity contribution >= 4 is 11.9 Å². The number of amides is 1. The molecule has 2 aromatic heterocycles. The summed E-state index contributed by atoms with van der Waals surface area (Å²) in [6.45, 7) is 4.85. The summed E-state index contributed by atoms with van der Waals surface area (Å²) < 4.78 is 7.70. The Hall–Kier alpha value is -2.48. The second kappa shape index (κ2) is 6.68. The summed E-state index contributed by atoms with van der Waals surface area (Å²) in [5.41, 5.74) is 1.50. The van der Waals surface area contributed by atoms with Crippen molar-refractivity contribution in [2.24, 2.45) is 13.0 Å². The highest BCUT2D eigenvalue weighted by Crippen LogP contribution is 2.42. The van der Waals surface area contributed by atoms with E-state index in [-0.39, 0.29) is 11.5 Å². The quantitative estimate of drug-likeness (QED) is 0.868. The number of aryl methyl sites for hydroxylation is 2. The minimum atomic E-state index is -0.187. The Morgan fingerprint density at radius 3 is 2.81 bits per heavy atom. The van der Waals surface area contributed by atoms with Crippen molar-refractivity contribution in [3.63, 3.8) is 0 Å². The molecule has 4 rings (SSSR count). The fraction of sp³-hybridized carbons (Fsp3) is 0.556. The molecule has 0 aliphatic carbocycles. The minimum Gasteiger partial charge on any atom is -0.371 e. The first-order valence-corrected chi connectivity index (χ1v) is 9.00. The third-order valence-electron chi connectivity index (χ3n) is 5.31. The molecule has 26 heavy (non-hydrogen) atoms. The number of hydrogen-bond acceptors (Lipinski definition) is 6. The zero-order valence-electron chi connectivity index (χ0n) is 15.2. The lowest BCUT2D eigenvalue weighted by Gasteiger charge is -2.50. The molecule has 1 N–H and O–H groups in total. The molecular weight excluding hydrogens is 332 g/mol. The maximum atomic E-state index is 12.5. The Morgan fingerprint density at radius 1 is 1.35 bits per heavy atom. The van der Waals surface area contributed by atoms with Crippen LogP contribution in [0.25, 0.3) is 0 Å². The van der Waals surface area contributed by atoms with Crippen LogP contribution in [0, 0.1) is 12.8 Å². The maximum absolute atomic E-state index is 12.5. The van der Waals surface area contributed by atoms with Gasteiger partial charge in [-0.25, -0.2) is 9.97 Å². The Bertz CT molecular complexity index is 781. The second-order valence-electron chi connectivity index (χ2n) is 7.26. The highest BCUT2D eigenvalue weighted by molar-refractivity contribution is 5.94. The summed E-state index contributed by atoms with van der Waals surface area (Å²) in [7, 11) is 1.81. The van der Waals surface area contributed by atoms with Gasteiger partial charge in [0.25, 0.3) is 5.91 Å². The van der Waals surface area contributed by atoms with Gasteiger partial charge < -0.3 is 15.0 Å². The first kappa shape index (κ1) is 17.0. The van der Waals surface area contributed by atoms with Crippen molar-refractivity contribution in [2.45, 2.75) is 25.4 Å². The van der Waals surface area contributed by atoms with E-state index >= 15 is 0 Å². The second-order valence-corrected chi connectivity index (χ2v) is 7.26. The summed E-state index contributed by atoms with van der Waals surface area (Å²) >= 11 is 0. The molecule has 2 aromatic rings. The van der Waals surface area contributed by atoms with Gasteiger partial charge >= 0.3 is 0 Å². The fourth-order valence-electron chi connectivity index (χ4n) is 3.84.